The van der Waals surface area contributed by atoms with E-state index in [4.69, 9.17) is 9.73 Å². The molecule has 1 saturated heterocycles. The Balaban J connectivity index is 0.00000272. The minimum Gasteiger partial charge on any atom is -0.474 e. The van der Waals surface area contributed by atoms with Crippen LogP contribution in [-0.4, -0.2) is 64.6 Å². The number of aliphatic imine (C=N–C) groups is 1. The van der Waals surface area contributed by atoms with Crippen molar-refractivity contribution in [2.24, 2.45) is 4.99 Å². The maximum absolute atomic E-state index is 6.17. The quantitative estimate of drug-likeness (QED) is 0.345. The minimum absolute atomic E-state index is 0. The molecule has 1 N–H and O–H groups in total. The maximum Gasteiger partial charge on any atom is 0.225 e. The fraction of sp³-hybridized carbons (Fsp3) is 0.545. The maximum atomic E-state index is 6.17. The van der Waals surface area contributed by atoms with Crippen LogP contribution >= 0.6 is 24.0 Å². The number of hydrogen-bond acceptors (Lipinski definition) is 6. The predicted molar refractivity (Wildman–Crippen MR) is 133 cm³/mol. The molecule has 4 rings (SSSR count). The number of hydrogen-bond donors (Lipinski definition) is 1. The molecule has 31 heavy (non-hydrogen) atoms. The van der Waals surface area contributed by atoms with Crippen molar-refractivity contribution in [1.29, 1.82) is 0 Å². The van der Waals surface area contributed by atoms with Crippen molar-refractivity contribution >= 4 is 35.9 Å². The Morgan fingerprint density at radius 2 is 1.77 bits per heavy atom. The molecule has 2 aliphatic rings. The average molecular weight is 537 g/mol. The number of halogens is 1. The van der Waals surface area contributed by atoms with Gasteiger partial charge in [-0.2, -0.15) is 0 Å². The molecule has 0 radical (unpaired) electrons. The van der Waals surface area contributed by atoms with Crippen LogP contribution < -0.4 is 15.0 Å². The fourth-order valence-electron chi connectivity index (χ4n) is 3.97. The van der Waals surface area contributed by atoms with Gasteiger partial charge in [0.15, 0.2) is 5.96 Å². The molecule has 1 aliphatic carbocycles. The molecule has 0 atom stereocenters. The van der Waals surface area contributed by atoms with E-state index < -0.39 is 0 Å². The van der Waals surface area contributed by atoms with Gasteiger partial charge in [-0.3, -0.25) is 0 Å². The number of aromatic nitrogens is 3. The Kier molecular flexibility index (Phi) is 9.11. The molecule has 9 heteroatoms. The van der Waals surface area contributed by atoms with Crippen molar-refractivity contribution in [3.05, 3.63) is 42.4 Å². The second kappa shape index (κ2) is 12.0. The van der Waals surface area contributed by atoms with Gasteiger partial charge in [0, 0.05) is 56.9 Å². The van der Waals surface area contributed by atoms with Crippen molar-refractivity contribution in [1.82, 2.24) is 25.2 Å². The number of rotatable bonds is 6. The second-order valence-corrected chi connectivity index (χ2v) is 7.69. The van der Waals surface area contributed by atoms with Gasteiger partial charge in [-0.25, -0.2) is 19.9 Å². The Morgan fingerprint density at radius 3 is 2.48 bits per heavy atom. The van der Waals surface area contributed by atoms with Gasteiger partial charge in [0.2, 0.25) is 11.8 Å². The Morgan fingerprint density at radius 1 is 1.06 bits per heavy atom. The molecule has 3 heterocycles. The van der Waals surface area contributed by atoms with Crippen LogP contribution in [0.1, 0.15) is 38.2 Å². The van der Waals surface area contributed by atoms with Gasteiger partial charge in [0.25, 0.3) is 0 Å². The Bertz CT molecular complexity index is 822. The molecule has 0 amide bonds. The molecule has 2 aromatic rings. The molecule has 1 aliphatic heterocycles. The lowest BCUT2D eigenvalue weighted by Crippen LogP contribution is -2.53. The van der Waals surface area contributed by atoms with Crippen molar-refractivity contribution in [2.45, 2.75) is 45.3 Å². The van der Waals surface area contributed by atoms with Crippen LogP contribution in [0.4, 0.5) is 5.95 Å². The number of anilines is 1. The van der Waals surface area contributed by atoms with E-state index >= 15 is 0 Å². The first kappa shape index (κ1) is 23.5. The van der Waals surface area contributed by atoms with Crippen LogP contribution in [0.3, 0.4) is 0 Å². The van der Waals surface area contributed by atoms with E-state index in [0.717, 1.165) is 68.9 Å². The normalized spacial score (nSPS) is 17.4. The predicted octanol–water partition coefficient (Wildman–Crippen LogP) is 3.10. The van der Waals surface area contributed by atoms with Gasteiger partial charge in [0.1, 0.15) is 6.10 Å². The number of piperazine rings is 1. The van der Waals surface area contributed by atoms with Crippen molar-refractivity contribution < 1.29 is 4.74 Å². The van der Waals surface area contributed by atoms with Gasteiger partial charge >= 0.3 is 0 Å². The van der Waals surface area contributed by atoms with E-state index in [0.29, 0.717) is 12.6 Å². The van der Waals surface area contributed by atoms with E-state index in [-0.39, 0.29) is 24.0 Å². The summed E-state index contributed by atoms with van der Waals surface area (Å²) in [6, 6.07) is 5.87. The fourth-order valence-corrected chi connectivity index (χ4v) is 3.97. The summed E-state index contributed by atoms with van der Waals surface area (Å²) in [4.78, 5) is 22.6. The summed E-state index contributed by atoms with van der Waals surface area (Å²) < 4.78 is 6.17. The molecule has 0 spiro atoms. The van der Waals surface area contributed by atoms with Crippen LogP contribution in [-0.2, 0) is 6.54 Å². The van der Waals surface area contributed by atoms with Crippen molar-refractivity contribution in [3.8, 4) is 5.88 Å². The van der Waals surface area contributed by atoms with E-state index in [9.17, 15) is 0 Å². The first-order valence-electron chi connectivity index (χ1n) is 11.0. The number of guanidine groups is 1. The highest BCUT2D eigenvalue weighted by Gasteiger charge is 2.22. The zero-order valence-corrected chi connectivity index (χ0v) is 20.4. The van der Waals surface area contributed by atoms with Gasteiger partial charge in [-0.05, 0) is 44.7 Å². The highest BCUT2D eigenvalue weighted by Crippen LogP contribution is 2.25. The van der Waals surface area contributed by atoms with Gasteiger partial charge in [0.05, 0.1) is 6.54 Å². The van der Waals surface area contributed by atoms with Crippen LogP contribution in [0.5, 0.6) is 5.88 Å². The van der Waals surface area contributed by atoms with E-state index in [1.165, 1.54) is 12.8 Å². The summed E-state index contributed by atoms with van der Waals surface area (Å²) in [6.07, 6.45) is 10.4. The van der Waals surface area contributed by atoms with Gasteiger partial charge < -0.3 is 19.9 Å². The number of pyridine rings is 1. The molecule has 0 bridgehead atoms. The lowest BCUT2D eigenvalue weighted by atomic mass is 10.2. The minimum atomic E-state index is 0. The van der Waals surface area contributed by atoms with E-state index in [1.807, 2.05) is 12.1 Å². The molecule has 2 aromatic heterocycles. The SMILES string of the molecule is CCNC(=NCc1cccnc1OC1CCCC1)N1CCN(c2ncccn2)CC1.I. The Hall–Kier alpha value is -2.17. The van der Waals surface area contributed by atoms with Crippen LogP contribution in [0, 0.1) is 0 Å². The summed E-state index contributed by atoms with van der Waals surface area (Å²) >= 11 is 0. The summed E-state index contributed by atoms with van der Waals surface area (Å²) in [5, 5.41) is 3.43. The zero-order valence-electron chi connectivity index (χ0n) is 18.1. The van der Waals surface area contributed by atoms with E-state index in [2.05, 4.69) is 43.1 Å². The summed E-state index contributed by atoms with van der Waals surface area (Å²) in [5.41, 5.74) is 1.04. The molecule has 1 saturated carbocycles. The average Bonchev–Trinajstić information content (AvgIpc) is 3.31. The van der Waals surface area contributed by atoms with Crippen LogP contribution in [0.25, 0.3) is 0 Å². The van der Waals surface area contributed by atoms with Crippen LogP contribution in [0.15, 0.2) is 41.8 Å². The molecular weight excluding hydrogens is 505 g/mol. The first-order valence-corrected chi connectivity index (χ1v) is 11.0. The highest BCUT2D eigenvalue weighted by atomic mass is 127. The van der Waals surface area contributed by atoms with Crippen molar-refractivity contribution in [3.63, 3.8) is 0 Å². The summed E-state index contributed by atoms with van der Waals surface area (Å²) in [6.45, 7) is 6.99. The largest absolute Gasteiger partial charge is 0.474 e. The third-order valence-electron chi connectivity index (χ3n) is 5.58. The second-order valence-electron chi connectivity index (χ2n) is 7.69. The van der Waals surface area contributed by atoms with Crippen LogP contribution in [0.2, 0.25) is 0 Å². The zero-order chi connectivity index (χ0) is 20.6. The number of nitrogens with zero attached hydrogens (tertiary/aromatic N) is 6. The smallest absolute Gasteiger partial charge is 0.225 e. The third kappa shape index (κ3) is 6.41. The standard InChI is InChI=1S/C22H31N7O.HI/c1-2-23-21(28-13-15-29(16-14-28)22-25-11-6-12-26-22)27-17-18-7-5-10-24-20(18)30-19-8-3-4-9-19;/h5-7,10-12,19H,2-4,8-9,13-17H2,1H3,(H,23,27);1H. The molecular formula is C22H32IN7O. The topological polar surface area (TPSA) is 78.8 Å². The molecule has 8 nitrogen and oxygen atoms in total. The molecule has 0 unspecified atom stereocenters. The monoisotopic (exact) mass is 537 g/mol. The van der Waals surface area contributed by atoms with Crippen molar-refractivity contribution in [2.75, 3.05) is 37.6 Å². The Labute approximate surface area is 201 Å². The van der Waals surface area contributed by atoms with E-state index in [1.54, 1.807) is 18.6 Å². The lowest BCUT2D eigenvalue weighted by molar-refractivity contribution is 0.199. The first-order chi connectivity index (χ1) is 14.8. The number of nitrogens with one attached hydrogen (secondary N) is 1. The lowest BCUT2D eigenvalue weighted by Gasteiger charge is -2.36. The third-order valence-corrected chi connectivity index (χ3v) is 5.58. The van der Waals surface area contributed by atoms with Gasteiger partial charge in [-0.15, -0.1) is 24.0 Å². The molecule has 2 fully saturated rings. The van der Waals surface area contributed by atoms with Gasteiger partial charge in [-0.1, -0.05) is 6.07 Å². The highest BCUT2D eigenvalue weighted by molar-refractivity contribution is 14.0. The molecule has 0 aromatic carbocycles. The number of ether oxygens (including phenoxy) is 1. The summed E-state index contributed by atoms with van der Waals surface area (Å²) in [5.74, 6) is 2.46. The summed E-state index contributed by atoms with van der Waals surface area (Å²) in [7, 11) is 0. The molecule has 168 valence electrons.